The number of nitrogens with zero attached hydrogens (tertiary/aromatic N) is 2. The summed E-state index contributed by atoms with van der Waals surface area (Å²) in [4.78, 5) is 4.18. The molecular formula is C19H19ClN2O2. The number of imidazole rings is 1. The standard InChI is InChI=1S/C19H19ClN2O2/c1-14-21-11-13-22(14)12-10-18(23)15-6-8-16(9-7-15)24-19-5-3-2-4-17(19)20/h2-9,11,13,18,23H,10,12H2,1H3. The van der Waals surface area contributed by atoms with Crippen molar-refractivity contribution in [1.82, 2.24) is 9.55 Å². The summed E-state index contributed by atoms with van der Waals surface area (Å²) in [5.74, 6) is 2.25. The van der Waals surface area contributed by atoms with Crippen molar-refractivity contribution in [3.8, 4) is 11.5 Å². The molecule has 1 heterocycles. The number of aryl methyl sites for hydroxylation is 2. The molecule has 1 atom stereocenters. The van der Waals surface area contributed by atoms with E-state index in [0.717, 1.165) is 17.9 Å². The number of aliphatic hydroxyl groups excluding tert-OH is 1. The third-order valence-corrected chi connectivity index (χ3v) is 4.21. The van der Waals surface area contributed by atoms with Crippen LogP contribution < -0.4 is 4.74 Å². The van der Waals surface area contributed by atoms with Gasteiger partial charge in [-0.15, -0.1) is 0 Å². The van der Waals surface area contributed by atoms with Crippen LogP contribution in [-0.2, 0) is 6.54 Å². The van der Waals surface area contributed by atoms with Crippen LogP contribution in [0.4, 0.5) is 0 Å². The summed E-state index contributed by atoms with van der Waals surface area (Å²) < 4.78 is 7.78. The van der Waals surface area contributed by atoms with Crippen LogP contribution in [0.2, 0.25) is 5.02 Å². The molecule has 0 saturated heterocycles. The molecule has 0 amide bonds. The number of hydrogen-bond donors (Lipinski definition) is 1. The third kappa shape index (κ3) is 3.96. The van der Waals surface area contributed by atoms with E-state index in [1.54, 1.807) is 12.3 Å². The van der Waals surface area contributed by atoms with E-state index in [1.165, 1.54) is 0 Å². The Morgan fingerprint density at radius 3 is 2.58 bits per heavy atom. The van der Waals surface area contributed by atoms with Crippen LogP contribution in [0.25, 0.3) is 0 Å². The minimum absolute atomic E-state index is 0.527. The Morgan fingerprint density at radius 1 is 1.17 bits per heavy atom. The Morgan fingerprint density at radius 2 is 1.92 bits per heavy atom. The fraction of sp³-hybridized carbons (Fsp3) is 0.211. The smallest absolute Gasteiger partial charge is 0.146 e. The molecule has 0 aliphatic heterocycles. The lowest BCUT2D eigenvalue weighted by atomic mass is 10.1. The molecule has 0 bridgehead atoms. The molecule has 0 radical (unpaired) electrons. The molecule has 0 spiro atoms. The number of hydrogen-bond acceptors (Lipinski definition) is 3. The SMILES string of the molecule is Cc1nccn1CCC(O)c1ccc(Oc2ccccc2Cl)cc1. The quantitative estimate of drug-likeness (QED) is 0.702. The highest BCUT2D eigenvalue weighted by molar-refractivity contribution is 6.32. The third-order valence-electron chi connectivity index (χ3n) is 3.90. The van der Waals surface area contributed by atoms with Crippen LogP contribution in [0.3, 0.4) is 0 Å². The predicted molar refractivity (Wildman–Crippen MR) is 94.5 cm³/mol. The average Bonchev–Trinajstić information content (AvgIpc) is 3.00. The molecule has 0 saturated carbocycles. The second-order valence-electron chi connectivity index (χ2n) is 5.57. The zero-order valence-electron chi connectivity index (χ0n) is 13.4. The van der Waals surface area contributed by atoms with Crippen LogP contribution in [0.1, 0.15) is 23.9 Å². The number of halogens is 1. The van der Waals surface area contributed by atoms with Gasteiger partial charge in [-0.05, 0) is 43.2 Å². The zero-order valence-corrected chi connectivity index (χ0v) is 14.1. The molecule has 0 fully saturated rings. The second-order valence-corrected chi connectivity index (χ2v) is 5.98. The lowest BCUT2D eigenvalue weighted by Gasteiger charge is -2.13. The molecule has 1 N–H and O–H groups in total. The van der Waals surface area contributed by atoms with Crippen LogP contribution >= 0.6 is 11.6 Å². The number of benzene rings is 2. The summed E-state index contributed by atoms with van der Waals surface area (Å²) in [7, 11) is 0. The highest BCUT2D eigenvalue weighted by Gasteiger charge is 2.09. The summed E-state index contributed by atoms with van der Waals surface area (Å²) in [5.41, 5.74) is 0.860. The maximum atomic E-state index is 10.3. The maximum absolute atomic E-state index is 10.3. The minimum atomic E-state index is -0.527. The first-order chi connectivity index (χ1) is 11.6. The average molecular weight is 343 g/mol. The van der Waals surface area contributed by atoms with E-state index in [2.05, 4.69) is 4.98 Å². The van der Waals surface area contributed by atoms with Gasteiger partial charge >= 0.3 is 0 Å². The summed E-state index contributed by atoms with van der Waals surface area (Å²) in [6.45, 7) is 2.68. The highest BCUT2D eigenvalue weighted by atomic mass is 35.5. The van der Waals surface area contributed by atoms with Crippen LogP contribution in [0, 0.1) is 6.92 Å². The van der Waals surface area contributed by atoms with E-state index in [-0.39, 0.29) is 0 Å². The highest BCUT2D eigenvalue weighted by Crippen LogP contribution is 2.29. The van der Waals surface area contributed by atoms with E-state index >= 15 is 0 Å². The van der Waals surface area contributed by atoms with E-state index in [0.29, 0.717) is 22.9 Å². The Labute approximate surface area is 146 Å². The van der Waals surface area contributed by atoms with Crippen LogP contribution in [0.15, 0.2) is 60.9 Å². The number of rotatable bonds is 6. The summed E-state index contributed by atoms with van der Waals surface area (Å²) in [6, 6.07) is 14.8. The van der Waals surface area contributed by atoms with E-state index < -0.39 is 6.10 Å². The molecular weight excluding hydrogens is 324 g/mol. The Hall–Kier alpha value is -2.30. The van der Waals surface area contributed by atoms with Gasteiger partial charge in [0.05, 0.1) is 11.1 Å². The van der Waals surface area contributed by atoms with Gasteiger partial charge in [-0.1, -0.05) is 35.9 Å². The molecule has 2 aromatic carbocycles. The van der Waals surface area contributed by atoms with Crippen molar-refractivity contribution in [3.05, 3.63) is 77.3 Å². The van der Waals surface area contributed by atoms with Crippen molar-refractivity contribution in [2.24, 2.45) is 0 Å². The largest absolute Gasteiger partial charge is 0.456 e. The maximum Gasteiger partial charge on any atom is 0.146 e. The van der Waals surface area contributed by atoms with Crippen molar-refractivity contribution in [1.29, 1.82) is 0 Å². The first kappa shape index (κ1) is 16.6. The lowest BCUT2D eigenvalue weighted by Crippen LogP contribution is -2.05. The van der Waals surface area contributed by atoms with Gasteiger partial charge in [0.2, 0.25) is 0 Å². The van der Waals surface area contributed by atoms with Gasteiger partial charge in [-0.2, -0.15) is 0 Å². The fourth-order valence-corrected chi connectivity index (χ4v) is 2.65. The topological polar surface area (TPSA) is 47.3 Å². The molecule has 0 aliphatic rings. The van der Waals surface area contributed by atoms with Crippen LogP contribution in [-0.4, -0.2) is 14.7 Å². The van der Waals surface area contributed by atoms with E-state index in [4.69, 9.17) is 16.3 Å². The molecule has 3 rings (SSSR count). The molecule has 1 aromatic heterocycles. The van der Waals surface area contributed by atoms with Gasteiger partial charge < -0.3 is 14.4 Å². The lowest BCUT2D eigenvalue weighted by molar-refractivity contribution is 0.161. The zero-order chi connectivity index (χ0) is 16.9. The van der Waals surface area contributed by atoms with Gasteiger partial charge in [0, 0.05) is 18.9 Å². The van der Waals surface area contributed by atoms with Gasteiger partial charge in [-0.3, -0.25) is 0 Å². The Kier molecular flexibility index (Phi) is 5.18. The van der Waals surface area contributed by atoms with Crippen molar-refractivity contribution in [3.63, 3.8) is 0 Å². The monoisotopic (exact) mass is 342 g/mol. The predicted octanol–water partition coefficient (Wildman–Crippen LogP) is 4.76. The second kappa shape index (κ2) is 7.51. The van der Waals surface area contributed by atoms with Crippen LogP contribution in [0.5, 0.6) is 11.5 Å². The summed E-state index contributed by atoms with van der Waals surface area (Å²) in [5, 5.41) is 10.9. The summed E-state index contributed by atoms with van der Waals surface area (Å²) in [6.07, 6.45) is 3.79. The van der Waals surface area contributed by atoms with Gasteiger partial charge in [0.1, 0.15) is 17.3 Å². The van der Waals surface area contributed by atoms with Crippen molar-refractivity contribution < 1.29 is 9.84 Å². The molecule has 1 unspecified atom stereocenters. The van der Waals surface area contributed by atoms with Crippen molar-refractivity contribution in [2.75, 3.05) is 0 Å². The molecule has 3 aromatic rings. The number of aliphatic hydroxyl groups is 1. The van der Waals surface area contributed by atoms with Crippen molar-refractivity contribution in [2.45, 2.75) is 26.0 Å². The van der Waals surface area contributed by atoms with Crippen molar-refractivity contribution >= 4 is 11.6 Å². The first-order valence-corrected chi connectivity index (χ1v) is 8.19. The summed E-state index contributed by atoms with van der Waals surface area (Å²) >= 11 is 6.09. The first-order valence-electron chi connectivity index (χ1n) is 7.81. The number of ether oxygens (including phenoxy) is 1. The number of aromatic nitrogens is 2. The molecule has 5 heteroatoms. The Bertz CT molecular complexity index is 799. The van der Waals surface area contributed by atoms with Gasteiger partial charge in [-0.25, -0.2) is 4.98 Å². The fourth-order valence-electron chi connectivity index (χ4n) is 2.48. The van der Waals surface area contributed by atoms with Gasteiger partial charge in [0.25, 0.3) is 0 Å². The van der Waals surface area contributed by atoms with Gasteiger partial charge in [0.15, 0.2) is 0 Å². The number of para-hydroxylation sites is 1. The molecule has 0 aliphatic carbocycles. The van der Waals surface area contributed by atoms with E-state index in [9.17, 15) is 5.11 Å². The molecule has 4 nitrogen and oxygen atoms in total. The Balaban J connectivity index is 1.61. The molecule has 24 heavy (non-hydrogen) atoms. The van der Waals surface area contributed by atoms with E-state index in [1.807, 2.05) is 60.2 Å². The molecule has 124 valence electrons. The minimum Gasteiger partial charge on any atom is -0.456 e. The normalized spacial score (nSPS) is 12.1.